The minimum Gasteiger partial charge on any atom is -0.481 e. The molecule has 0 unspecified atom stereocenters. The molecule has 1 amide bonds. The van der Waals surface area contributed by atoms with Crippen LogP contribution in [0.2, 0.25) is 0 Å². The number of nitrogens with two attached hydrogens (primary N) is 1. The number of nitrogens with zero attached hydrogens (tertiary/aromatic N) is 1. The minimum absolute atomic E-state index is 0.153. The van der Waals surface area contributed by atoms with Gasteiger partial charge in [0.15, 0.2) is 5.13 Å². The maximum absolute atomic E-state index is 12.1. The SMILES string of the molecule is Cc1nc(N)sc1C(=O)Nc1ccccc1CC(=O)O. The first-order valence-corrected chi connectivity index (χ1v) is 6.63. The molecule has 7 heteroatoms. The van der Waals surface area contributed by atoms with Crippen LogP contribution in [0.1, 0.15) is 20.9 Å². The summed E-state index contributed by atoms with van der Waals surface area (Å²) in [6.07, 6.45) is -0.153. The van der Waals surface area contributed by atoms with Gasteiger partial charge >= 0.3 is 5.97 Å². The molecule has 2 aromatic rings. The van der Waals surface area contributed by atoms with Crippen LogP contribution in [0.4, 0.5) is 10.8 Å². The third-order valence-corrected chi connectivity index (χ3v) is 3.61. The summed E-state index contributed by atoms with van der Waals surface area (Å²) >= 11 is 1.10. The predicted octanol–water partition coefficient (Wildman–Crippen LogP) is 1.91. The van der Waals surface area contributed by atoms with E-state index in [2.05, 4.69) is 10.3 Å². The molecule has 1 heterocycles. The number of nitrogen functional groups attached to an aromatic ring is 1. The quantitative estimate of drug-likeness (QED) is 0.798. The fourth-order valence-corrected chi connectivity index (χ4v) is 2.50. The fourth-order valence-electron chi connectivity index (χ4n) is 1.77. The van der Waals surface area contributed by atoms with Crippen LogP contribution in [-0.4, -0.2) is 22.0 Å². The van der Waals surface area contributed by atoms with Crippen molar-refractivity contribution >= 4 is 34.0 Å². The van der Waals surface area contributed by atoms with Crippen LogP contribution >= 0.6 is 11.3 Å². The molecular formula is C13H13N3O3S. The standard InChI is InChI=1S/C13H13N3O3S/c1-7-11(20-13(14)15-7)12(19)16-9-5-3-2-4-8(9)6-10(17)18/h2-5H,6H2,1H3,(H2,14,15)(H,16,19)(H,17,18). The zero-order chi connectivity index (χ0) is 14.7. The van der Waals surface area contributed by atoms with Crippen LogP contribution in [0, 0.1) is 6.92 Å². The normalized spacial score (nSPS) is 10.2. The number of aryl methyl sites for hydroxylation is 1. The highest BCUT2D eigenvalue weighted by molar-refractivity contribution is 7.17. The molecule has 0 saturated heterocycles. The molecule has 0 aliphatic rings. The molecule has 1 aromatic carbocycles. The first-order chi connectivity index (χ1) is 9.47. The van der Waals surface area contributed by atoms with Gasteiger partial charge in [0.25, 0.3) is 5.91 Å². The summed E-state index contributed by atoms with van der Waals surface area (Å²) in [6.45, 7) is 1.70. The molecule has 0 fully saturated rings. The Balaban J connectivity index is 2.24. The summed E-state index contributed by atoms with van der Waals surface area (Å²) in [5.41, 5.74) is 7.14. The molecule has 2 rings (SSSR count). The fraction of sp³-hybridized carbons (Fsp3) is 0.154. The van der Waals surface area contributed by atoms with Crippen molar-refractivity contribution in [1.29, 1.82) is 0 Å². The van der Waals surface area contributed by atoms with Crippen LogP contribution in [0.15, 0.2) is 24.3 Å². The highest BCUT2D eigenvalue weighted by atomic mass is 32.1. The number of amides is 1. The van der Waals surface area contributed by atoms with Crippen molar-refractivity contribution in [1.82, 2.24) is 4.98 Å². The zero-order valence-electron chi connectivity index (χ0n) is 10.7. The number of thiazole rings is 1. The summed E-state index contributed by atoms with van der Waals surface area (Å²) in [5.74, 6) is -1.29. The molecule has 0 saturated carbocycles. The van der Waals surface area contributed by atoms with Crippen molar-refractivity contribution in [3.05, 3.63) is 40.4 Å². The van der Waals surface area contributed by atoms with E-state index < -0.39 is 5.97 Å². The van der Waals surface area contributed by atoms with Gasteiger partial charge in [-0.2, -0.15) is 0 Å². The van der Waals surface area contributed by atoms with Gasteiger partial charge in [-0.1, -0.05) is 29.5 Å². The van der Waals surface area contributed by atoms with E-state index >= 15 is 0 Å². The summed E-state index contributed by atoms with van der Waals surface area (Å²) in [5, 5.41) is 11.9. The number of para-hydroxylation sites is 1. The van der Waals surface area contributed by atoms with Crippen LogP contribution in [0.25, 0.3) is 0 Å². The van der Waals surface area contributed by atoms with Gasteiger partial charge in [-0.25, -0.2) is 4.98 Å². The molecule has 4 N–H and O–H groups in total. The summed E-state index contributed by atoms with van der Waals surface area (Å²) < 4.78 is 0. The molecule has 0 aliphatic carbocycles. The first kappa shape index (κ1) is 14.0. The van der Waals surface area contributed by atoms with Crippen molar-refractivity contribution in [3.8, 4) is 0 Å². The second kappa shape index (κ2) is 5.70. The zero-order valence-corrected chi connectivity index (χ0v) is 11.5. The topological polar surface area (TPSA) is 105 Å². The highest BCUT2D eigenvalue weighted by Gasteiger charge is 2.16. The number of hydrogen-bond donors (Lipinski definition) is 3. The lowest BCUT2D eigenvalue weighted by Gasteiger charge is -2.08. The van der Waals surface area contributed by atoms with Gasteiger partial charge in [0, 0.05) is 5.69 Å². The average Bonchev–Trinajstić information content (AvgIpc) is 2.70. The van der Waals surface area contributed by atoms with E-state index in [1.54, 1.807) is 31.2 Å². The van der Waals surface area contributed by atoms with E-state index in [0.717, 1.165) is 11.3 Å². The number of anilines is 2. The number of aliphatic carboxylic acids is 1. The number of carbonyl (C=O) groups is 2. The second-order valence-corrected chi connectivity index (χ2v) is 5.18. The lowest BCUT2D eigenvalue weighted by molar-refractivity contribution is -0.136. The van der Waals surface area contributed by atoms with Gasteiger partial charge in [0.2, 0.25) is 0 Å². The maximum Gasteiger partial charge on any atom is 0.307 e. The van der Waals surface area contributed by atoms with Gasteiger partial charge in [0.1, 0.15) is 4.88 Å². The molecule has 0 radical (unpaired) electrons. The second-order valence-electron chi connectivity index (χ2n) is 4.15. The number of rotatable bonds is 4. The van der Waals surface area contributed by atoms with Crippen LogP contribution < -0.4 is 11.1 Å². The molecule has 0 spiro atoms. The number of hydrogen-bond acceptors (Lipinski definition) is 5. The number of carbonyl (C=O) groups excluding carboxylic acids is 1. The molecule has 0 aliphatic heterocycles. The van der Waals surface area contributed by atoms with E-state index in [0.29, 0.717) is 27.0 Å². The molecule has 0 bridgehead atoms. The van der Waals surface area contributed by atoms with Gasteiger partial charge in [0.05, 0.1) is 12.1 Å². The number of carboxylic acid groups (broad SMARTS) is 1. The van der Waals surface area contributed by atoms with E-state index in [4.69, 9.17) is 10.8 Å². The van der Waals surface area contributed by atoms with Crippen molar-refractivity contribution < 1.29 is 14.7 Å². The van der Waals surface area contributed by atoms with Crippen LogP contribution in [0.3, 0.4) is 0 Å². The van der Waals surface area contributed by atoms with Gasteiger partial charge < -0.3 is 16.2 Å². The Morgan fingerprint density at radius 1 is 1.40 bits per heavy atom. The van der Waals surface area contributed by atoms with Crippen molar-refractivity contribution in [3.63, 3.8) is 0 Å². The van der Waals surface area contributed by atoms with Crippen molar-refractivity contribution in [2.24, 2.45) is 0 Å². The number of aromatic nitrogens is 1. The largest absolute Gasteiger partial charge is 0.481 e. The Labute approximate surface area is 119 Å². The van der Waals surface area contributed by atoms with E-state index in [-0.39, 0.29) is 12.3 Å². The Hall–Kier alpha value is -2.41. The maximum atomic E-state index is 12.1. The minimum atomic E-state index is -0.954. The summed E-state index contributed by atoms with van der Waals surface area (Å²) in [7, 11) is 0. The number of carboxylic acids is 1. The molecule has 1 aromatic heterocycles. The van der Waals surface area contributed by atoms with Crippen LogP contribution in [0.5, 0.6) is 0 Å². The van der Waals surface area contributed by atoms with Gasteiger partial charge in [-0.05, 0) is 18.6 Å². The average molecular weight is 291 g/mol. The summed E-state index contributed by atoms with van der Waals surface area (Å²) in [4.78, 5) is 27.3. The number of benzene rings is 1. The van der Waals surface area contributed by atoms with E-state index in [1.165, 1.54) is 0 Å². The van der Waals surface area contributed by atoms with Gasteiger partial charge in [-0.15, -0.1) is 0 Å². The Bertz CT molecular complexity index is 667. The van der Waals surface area contributed by atoms with Crippen LogP contribution in [-0.2, 0) is 11.2 Å². The Morgan fingerprint density at radius 2 is 2.10 bits per heavy atom. The highest BCUT2D eigenvalue weighted by Crippen LogP contribution is 2.22. The monoisotopic (exact) mass is 291 g/mol. The first-order valence-electron chi connectivity index (χ1n) is 5.81. The molecule has 104 valence electrons. The summed E-state index contributed by atoms with van der Waals surface area (Å²) in [6, 6.07) is 6.78. The molecule has 0 atom stereocenters. The lowest BCUT2D eigenvalue weighted by atomic mass is 10.1. The van der Waals surface area contributed by atoms with Crippen molar-refractivity contribution in [2.75, 3.05) is 11.1 Å². The van der Waals surface area contributed by atoms with Gasteiger partial charge in [-0.3, -0.25) is 9.59 Å². The third kappa shape index (κ3) is 3.12. The lowest BCUT2D eigenvalue weighted by Crippen LogP contribution is -2.14. The molecule has 20 heavy (non-hydrogen) atoms. The van der Waals surface area contributed by atoms with E-state index in [9.17, 15) is 9.59 Å². The predicted molar refractivity (Wildman–Crippen MR) is 77.0 cm³/mol. The van der Waals surface area contributed by atoms with E-state index in [1.807, 2.05) is 0 Å². The Morgan fingerprint density at radius 3 is 2.70 bits per heavy atom. The Kier molecular flexibility index (Phi) is 3.99. The molecule has 6 nitrogen and oxygen atoms in total. The molecular weight excluding hydrogens is 278 g/mol. The smallest absolute Gasteiger partial charge is 0.307 e. The third-order valence-electron chi connectivity index (χ3n) is 2.63. The number of nitrogens with one attached hydrogen (secondary N) is 1. The van der Waals surface area contributed by atoms with Crippen molar-refractivity contribution in [2.45, 2.75) is 13.3 Å².